The van der Waals surface area contributed by atoms with Crippen LogP contribution in [0.1, 0.15) is 24.1 Å². The van der Waals surface area contributed by atoms with Gasteiger partial charge in [-0.2, -0.15) is 5.26 Å². The number of hydrogen-bond acceptors (Lipinski definition) is 5. The maximum absolute atomic E-state index is 15.0. The van der Waals surface area contributed by atoms with Gasteiger partial charge in [-0.05, 0) is 36.6 Å². The van der Waals surface area contributed by atoms with Gasteiger partial charge in [0.2, 0.25) is 0 Å². The van der Waals surface area contributed by atoms with Gasteiger partial charge in [-0.1, -0.05) is 43.3 Å². The number of benzene rings is 2. The number of Topliss-reactive ketones (excluding diaryl/α,β-unsaturated/α-hetero) is 1. The summed E-state index contributed by atoms with van der Waals surface area (Å²) in [6.45, 7) is 1.86. The van der Waals surface area contributed by atoms with Crippen molar-refractivity contribution in [2.75, 3.05) is 0 Å². The van der Waals surface area contributed by atoms with Crippen molar-refractivity contribution < 1.29 is 9.18 Å². The molecule has 34 heavy (non-hydrogen) atoms. The Balaban J connectivity index is 1.65. The van der Waals surface area contributed by atoms with Crippen molar-refractivity contribution in [1.82, 2.24) is 15.0 Å². The third-order valence-corrected chi connectivity index (χ3v) is 7.06. The molecule has 3 atom stereocenters. The number of ketones is 1. The van der Waals surface area contributed by atoms with Gasteiger partial charge in [0, 0.05) is 40.1 Å². The molecular formula is C28H19FN4O. The van der Waals surface area contributed by atoms with Gasteiger partial charge in [0.1, 0.15) is 11.9 Å². The molecule has 0 amide bonds. The fourth-order valence-corrected chi connectivity index (χ4v) is 5.32. The normalized spacial score (nSPS) is 21.0. The van der Waals surface area contributed by atoms with Gasteiger partial charge < -0.3 is 0 Å². The zero-order valence-electron chi connectivity index (χ0n) is 18.4. The Kier molecular flexibility index (Phi) is 4.59. The molecule has 2 aliphatic rings. The summed E-state index contributed by atoms with van der Waals surface area (Å²) in [5.41, 5.74) is 4.35. The van der Waals surface area contributed by atoms with E-state index in [-0.39, 0.29) is 34.9 Å². The summed E-state index contributed by atoms with van der Waals surface area (Å²) in [5, 5.41) is 10.4. The lowest BCUT2D eigenvalue weighted by atomic mass is 9.74. The van der Waals surface area contributed by atoms with Crippen LogP contribution in [-0.4, -0.2) is 20.7 Å². The molecule has 2 aromatic carbocycles. The number of halogens is 1. The molecule has 2 aliphatic carbocycles. The van der Waals surface area contributed by atoms with Crippen LogP contribution in [0.2, 0.25) is 0 Å². The molecule has 6 rings (SSSR count). The van der Waals surface area contributed by atoms with Gasteiger partial charge in [-0.25, -0.2) is 14.4 Å². The van der Waals surface area contributed by atoms with Crippen LogP contribution in [-0.2, 0) is 11.2 Å². The minimum atomic E-state index is -0.360. The second kappa shape index (κ2) is 7.67. The van der Waals surface area contributed by atoms with E-state index in [1.807, 2.05) is 37.3 Å². The highest BCUT2D eigenvalue weighted by Gasteiger charge is 2.44. The van der Waals surface area contributed by atoms with Gasteiger partial charge in [-0.15, -0.1) is 0 Å². The van der Waals surface area contributed by atoms with Gasteiger partial charge in [0.05, 0.1) is 22.5 Å². The van der Waals surface area contributed by atoms with E-state index in [4.69, 9.17) is 9.97 Å². The highest BCUT2D eigenvalue weighted by Crippen LogP contribution is 2.49. The first kappa shape index (κ1) is 20.4. The molecule has 0 fully saturated rings. The summed E-state index contributed by atoms with van der Waals surface area (Å²) in [4.78, 5) is 27.0. The number of carbonyl (C=O) groups excluding carboxylic acids is 1. The molecule has 0 spiro atoms. The summed E-state index contributed by atoms with van der Waals surface area (Å²) in [7, 11) is 0. The number of aromatic nitrogens is 3. The van der Waals surface area contributed by atoms with E-state index in [1.54, 1.807) is 30.5 Å². The molecule has 0 saturated carbocycles. The molecule has 0 radical (unpaired) electrons. The summed E-state index contributed by atoms with van der Waals surface area (Å²) in [6.07, 6.45) is 4.02. The first-order valence-corrected chi connectivity index (χ1v) is 11.2. The number of rotatable bonds is 2. The topological polar surface area (TPSA) is 79.5 Å². The van der Waals surface area contributed by atoms with Crippen molar-refractivity contribution in [3.05, 3.63) is 89.5 Å². The number of nitrogens with zero attached hydrogens (tertiary/aromatic N) is 4. The summed E-state index contributed by atoms with van der Waals surface area (Å²) >= 11 is 0. The predicted octanol–water partition coefficient (Wildman–Crippen LogP) is 5.42. The van der Waals surface area contributed by atoms with Crippen LogP contribution in [0.3, 0.4) is 0 Å². The molecule has 5 nitrogen and oxygen atoms in total. The molecule has 0 N–H and O–H groups in total. The van der Waals surface area contributed by atoms with Crippen molar-refractivity contribution in [2.45, 2.75) is 19.3 Å². The van der Waals surface area contributed by atoms with Crippen molar-refractivity contribution in [1.29, 1.82) is 5.26 Å². The maximum atomic E-state index is 15.0. The van der Waals surface area contributed by atoms with Gasteiger partial charge in [0.15, 0.2) is 11.6 Å². The zero-order valence-corrected chi connectivity index (χ0v) is 18.4. The SMILES string of the molecule is CC1C(=O)C(C#N)=CC2c3nc(-c4ccnc5ccccc45)nc(-c4ccccc4F)c3CC12. The number of carbonyl (C=O) groups is 1. The third kappa shape index (κ3) is 2.97. The molecule has 0 bridgehead atoms. The summed E-state index contributed by atoms with van der Waals surface area (Å²) in [6, 6.07) is 18.3. The first-order chi connectivity index (χ1) is 16.6. The van der Waals surface area contributed by atoms with Gasteiger partial charge >= 0.3 is 0 Å². The van der Waals surface area contributed by atoms with E-state index in [2.05, 4.69) is 11.1 Å². The lowest BCUT2D eigenvalue weighted by Crippen LogP contribution is -2.29. The quantitative estimate of drug-likeness (QED) is 0.411. The molecule has 2 aromatic heterocycles. The molecule has 4 aromatic rings. The van der Waals surface area contributed by atoms with Crippen LogP contribution in [0.25, 0.3) is 33.5 Å². The van der Waals surface area contributed by atoms with E-state index < -0.39 is 0 Å². The van der Waals surface area contributed by atoms with Crippen LogP contribution >= 0.6 is 0 Å². The van der Waals surface area contributed by atoms with Crippen molar-refractivity contribution in [3.8, 4) is 28.7 Å². The Bertz CT molecular complexity index is 1560. The lowest BCUT2D eigenvalue weighted by Gasteiger charge is -2.27. The number of nitriles is 1. The monoisotopic (exact) mass is 446 g/mol. The zero-order chi connectivity index (χ0) is 23.4. The lowest BCUT2D eigenvalue weighted by molar-refractivity contribution is -0.120. The Morgan fingerprint density at radius 1 is 1.03 bits per heavy atom. The van der Waals surface area contributed by atoms with E-state index in [0.717, 1.165) is 27.7 Å². The summed E-state index contributed by atoms with van der Waals surface area (Å²) < 4.78 is 15.0. The Hall–Kier alpha value is -4.24. The fourth-order valence-electron chi connectivity index (χ4n) is 5.32. The Labute approximate surface area is 195 Å². The number of allylic oxidation sites excluding steroid dienone is 2. The maximum Gasteiger partial charge on any atom is 0.176 e. The van der Waals surface area contributed by atoms with Crippen LogP contribution < -0.4 is 0 Å². The van der Waals surface area contributed by atoms with Gasteiger partial charge in [0.25, 0.3) is 0 Å². The van der Waals surface area contributed by atoms with Crippen LogP contribution in [0.15, 0.2) is 72.4 Å². The molecule has 2 heterocycles. The highest BCUT2D eigenvalue weighted by atomic mass is 19.1. The van der Waals surface area contributed by atoms with E-state index in [9.17, 15) is 14.4 Å². The molecule has 3 unspecified atom stereocenters. The van der Waals surface area contributed by atoms with E-state index >= 15 is 0 Å². The Morgan fingerprint density at radius 3 is 2.65 bits per heavy atom. The van der Waals surface area contributed by atoms with Crippen LogP contribution in [0, 0.1) is 29.0 Å². The minimum absolute atomic E-state index is 0.0381. The highest BCUT2D eigenvalue weighted by molar-refractivity contribution is 6.02. The summed E-state index contributed by atoms with van der Waals surface area (Å²) in [5.74, 6) is -0.578. The van der Waals surface area contributed by atoms with Crippen molar-refractivity contribution >= 4 is 16.7 Å². The van der Waals surface area contributed by atoms with Gasteiger partial charge in [-0.3, -0.25) is 9.78 Å². The third-order valence-electron chi connectivity index (χ3n) is 7.06. The van der Waals surface area contributed by atoms with E-state index in [0.29, 0.717) is 23.5 Å². The first-order valence-electron chi connectivity index (χ1n) is 11.2. The fraction of sp³-hybridized carbons (Fsp3) is 0.179. The average Bonchev–Trinajstić information content (AvgIpc) is 3.24. The average molecular weight is 446 g/mol. The molecular weight excluding hydrogens is 427 g/mol. The predicted molar refractivity (Wildman–Crippen MR) is 126 cm³/mol. The standard InChI is InChI=1S/C28H19FN4O/c1-15-20-13-22-25(19-7-2-4-8-23(19)29)32-28(18-10-11-31-24-9-5-3-6-17(18)24)33-26(22)21(20)12-16(14-30)27(15)34/h2-12,15,20-21H,13H2,1H3. The number of hydrogen-bond donors (Lipinski definition) is 0. The molecule has 0 aliphatic heterocycles. The molecule has 6 heteroatoms. The largest absolute Gasteiger partial charge is 0.293 e. The molecule has 164 valence electrons. The van der Waals surface area contributed by atoms with Crippen molar-refractivity contribution in [3.63, 3.8) is 0 Å². The smallest absolute Gasteiger partial charge is 0.176 e. The van der Waals surface area contributed by atoms with Crippen molar-refractivity contribution in [2.24, 2.45) is 11.8 Å². The van der Waals surface area contributed by atoms with Crippen LogP contribution in [0.4, 0.5) is 4.39 Å². The minimum Gasteiger partial charge on any atom is -0.293 e. The number of para-hydroxylation sites is 1. The Morgan fingerprint density at radius 2 is 1.82 bits per heavy atom. The van der Waals surface area contributed by atoms with E-state index in [1.165, 1.54) is 6.07 Å². The second-order valence-electron chi connectivity index (χ2n) is 8.85. The second-order valence-corrected chi connectivity index (χ2v) is 8.85. The molecule has 0 saturated heterocycles. The number of pyridine rings is 1. The number of fused-ring (bicyclic) bond motifs is 4. The van der Waals surface area contributed by atoms with Crippen LogP contribution in [0.5, 0.6) is 0 Å².